The molecule has 5 heteroatoms. The molecule has 0 atom stereocenters. The number of rotatable bonds is 4. The zero-order valence-electron chi connectivity index (χ0n) is 10.0. The number of aryl methyl sites for hydroxylation is 2. The number of nitrogens with zero attached hydrogens (tertiary/aromatic N) is 3. The maximum Gasteiger partial charge on any atom is 0.146 e. The van der Waals surface area contributed by atoms with Crippen LogP contribution >= 0.6 is 0 Å². The Morgan fingerprint density at radius 2 is 2.18 bits per heavy atom. The molecular weight excluding hydrogens is 216 g/mol. The molecule has 0 aliphatic rings. The highest BCUT2D eigenvalue weighted by Crippen LogP contribution is 2.20. The maximum atomic E-state index is 9.84. The van der Waals surface area contributed by atoms with Crippen molar-refractivity contribution in [3.63, 3.8) is 0 Å². The third-order valence-corrected chi connectivity index (χ3v) is 2.73. The number of aromatic hydroxyl groups is 1. The summed E-state index contributed by atoms with van der Waals surface area (Å²) in [5.74, 6) is 1.23. The van der Waals surface area contributed by atoms with Gasteiger partial charge in [0.15, 0.2) is 0 Å². The average Bonchev–Trinajstić information content (AvgIpc) is 2.71. The predicted molar refractivity (Wildman–Crippen MR) is 64.4 cm³/mol. The normalized spacial score (nSPS) is 10.7. The van der Waals surface area contributed by atoms with Crippen molar-refractivity contribution in [3.8, 4) is 5.75 Å². The van der Waals surface area contributed by atoms with Crippen molar-refractivity contribution in [2.24, 2.45) is 7.05 Å². The van der Waals surface area contributed by atoms with Gasteiger partial charge in [0.25, 0.3) is 0 Å². The van der Waals surface area contributed by atoms with Crippen molar-refractivity contribution in [3.05, 3.63) is 41.5 Å². The molecule has 5 nitrogen and oxygen atoms in total. The Hall–Kier alpha value is -1.88. The summed E-state index contributed by atoms with van der Waals surface area (Å²) in [6, 6.07) is 5.74. The quantitative estimate of drug-likeness (QED) is 0.829. The lowest BCUT2D eigenvalue weighted by molar-refractivity contribution is 0.459. The van der Waals surface area contributed by atoms with E-state index in [-0.39, 0.29) is 0 Å². The highest BCUT2D eigenvalue weighted by atomic mass is 16.3. The zero-order chi connectivity index (χ0) is 12.3. The van der Waals surface area contributed by atoms with E-state index < -0.39 is 0 Å². The van der Waals surface area contributed by atoms with Crippen LogP contribution < -0.4 is 5.32 Å². The molecule has 0 radical (unpaired) electrons. The first-order valence-electron chi connectivity index (χ1n) is 5.49. The molecule has 0 bridgehead atoms. The van der Waals surface area contributed by atoms with Crippen LogP contribution in [0, 0.1) is 6.92 Å². The van der Waals surface area contributed by atoms with Gasteiger partial charge in [-0.2, -0.15) is 0 Å². The molecule has 0 fully saturated rings. The van der Waals surface area contributed by atoms with E-state index >= 15 is 0 Å². The molecule has 2 rings (SSSR count). The lowest BCUT2D eigenvalue weighted by Crippen LogP contribution is -2.15. The van der Waals surface area contributed by atoms with Gasteiger partial charge in [-0.05, 0) is 12.5 Å². The Labute approximate surface area is 100 Å². The second-order valence-corrected chi connectivity index (χ2v) is 4.04. The van der Waals surface area contributed by atoms with Gasteiger partial charge in [-0.3, -0.25) is 0 Å². The van der Waals surface area contributed by atoms with Gasteiger partial charge in [0.05, 0.1) is 6.54 Å². The molecule has 0 saturated carbocycles. The van der Waals surface area contributed by atoms with Crippen LogP contribution in [-0.4, -0.2) is 19.9 Å². The van der Waals surface area contributed by atoms with Gasteiger partial charge in [0, 0.05) is 19.2 Å². The lowest BCUT2D eigenvalue weighted by Gasteiger charge is -2.08. The molecule has 0 amide bonds. The van der Waals surface area contributed by atoms with Gasteiger partial charge in [-0.1, -0.05) is 18.2 Å². The second kappa shape index (κ2) is 4.97. The third-order valence-electron chi connectivity index (χ3n) is 2.73. The summed E-state index contributed by atoms with van der Waals surface area (Å²) in [6.07, 6.45) is 1.67. The smallest absolute Gasteiger partial charge is 0.146 e. The molecule has 2 aromatic rings. The van der Waals surface area contributed by atoms with Crippen LogP contribution in [0.5, 0.6) is 5.75 Å². The molecule has 1 aromatic carbocycles. The van der Waals surface area contributed by atoms with Crippen molar-refractivity contribution in [2.45, 2.75) is 20.0 Å². The minimum atomic E-state index is 0.359. The van der Waals surface area contributed by atoms with Crippen molar-refractivity contribution < 1.29 is 5.11 Å². The van der Waals surface area contributed by atoms with Gasteiger partial charge in [-0.15, -0.1) is 10.2 Å². The summed E-state index contributed by atoms with van der Waals surface area (Å²) in [7, 11) is 1.90. The molecule has 0 saturated heterocycles. The van der Waals surface area contributed by atoms with E-state index in [2.05, 4.69) is 15.5 Å². The number of phenols is 1. The molecule has 0 spiro atoms. The van der Waals surface area contributed by atoms with Crippen LogP contribution in [0.4, 0.5) is 0 Å². The lowest BCUT2D eigenvalue weighted by atomic mass is 10.1. The van der Waals surface area contributed by atoms with E-state index in [0.717, 1.165) is 17.0 Å². The standard InChI is InChI=1S/C12H16N4O/c1-9-4-3-5-10(12(9)17)6-13-7-11-15-14-8-16(11)2/h3-5,8,13,17H,6-7H2,1-2H3. The average molecular weight is 232 g/mol. The van der Waals surface area contributed by atoms with Crippen molar-refractivity contribution in [1.29, 1.82) is 0 Å². The minimum absolute atomic E-state index is 0.359. The van der Waals surface area contributed by atoms with E-state index in [0.29, 0.717) is 18.8 Å². The summed E-state index contributed by atoms with van der Waals surface area (Å²) in [5.41, 5.74) is 1.79. The molecule has 0 unspecified atom stereocenters. The Bertz CT molecular complexity index is 507. The number of hydrogen-bond donors (Lipinski definition) is 2. The Balaban J connectivity index is 1.95. The fourth-order valence-electron chi connectivity index (χ4n) is 1.64. The molecule has 0 aliphatic heterocycles. The van der Waals surface area contributed by atoms with Crippen LogP contribution in [-0.2, 0) is 20.1 Å². The van der Waals surface area contributed by atoms with Gasteiger partial charge in [-0.25, -0.2) is 0 Å². The summed E-state index contributed by atoms with van der Waals surface area (Å²) >= 11 is 0. The topological polar surface area (TPSA) is 63.0 Å². The molecule has 0 aliphatic carbocycles. The molecule has 17 heavy (non-hydrogen) atoms. The number of benzene rings is 1. The number of aromatic nitrogens is 3. The van der Waals surface area contributed by atoms with E-state index in [1.54, 1.807) is 6.33 Å². The van der Waals surface area contributed by atoms with E-state index in [1.807, 2.05) is 36.7 Å². The van der Waals surface area contributed by atoms with E-state index in [1.165, 1.54) is 0 Å². The molecular formula is C12H16N4O. The van der Waals surface area contributed by atoms with Crippen LogP contribution in [0.3, 0.4) is 0 Å². The van der Waals surface area contributed by atoms with Gasteiger partial charge in [0.1, 0.15) is 17.9 Å². The highest BCUT2D eigenvalue weighted by molar-refractivity contribution is 5.39. The summed E-state index contributed by atoms with van der Waals surface area (Å²) in [5, 5.41) is 20.8. The van der Waals surface area contributed by atoms with Gasteiger partial charge >= 0.3 is 0 Å². The van der Waals surface area contributed by atoms with Crippen LogP contribution in [0.15, 0.2) is 24.5 Å². The Kier molecular flexibility index (Phi) is 3.39. The predicted octanol–water partition coefficient (Wildman–Crippen LogP) is 1.12. The second-order valence-electron chi connectivity index (χ2n) is 4.04. The zero-order valence-corrected chi connectivity index (χ0v) is 10.0. The largest absolute Gasteiger partial charge is 0.507 e. The minimum Gasteiger partial charge on any atom is -0.507 e. The molecule has 2 N–H and O–H groups in total. The maximum absolute atomic E-state index is 9.84. The number of hydrogen-bond acceptors (Lipinski definition) is 4. The van der Waals surface area contributed by atoms with Crippen molar-refractivity contribution in [2.75, 3.05) is 0 Å². The monoisotopic (exact) mass is 232 g/mol. The van der Waals surface area contributed by atoms with Crippen molar-refractivity contribution in [1.82, 2.24) is 20.1 Å². The first-order valence-corrected chi connectivity index (χ1v) is 5.49. The van der Waals surface area contributed by atoms with Crippen LogP contribution in [0.2, 0.25) is 0 Å². The number of phenolic OH excluding ortho intramolecular Hbond substituents is 1. The molecule has 90 valence electrons. The van der Waals surface area contributed by atoms with E-state index in [4.69, 9.17) is 0 Å². The SMILES string of the molecule is Cc1cccc(CNCc2nncn2C)c1O. The summed E-state index contributed by atoms with van der Waals surface area (Å²) < 4.78 is 1.86. The fraction of sp³-hybridized carbons (Fsp3) is 0.333. The van der Waals surface area contributed by atoms with Gasteiger partial charge in [0.2, 0.25) is 0 Å². The number of para-hydroxylation sites is 1. The van der Waals surface area contributed by atoms with E-state index in [9.17, 15) is 5.11 Å². The Morgan fingerprint density at radius 3 is 2.88 bits per heavy atom. The van der Waals surface area contributed by atoms with Crippen LogP contribution in [0.1, 0.15) is 17.0 Å². The van der Waals surface area contributed by atoms with Gasteiger partial charge < -0.3 is 15.0 Å². The number of nitrogens with one attached hydrogen (secondary N) is 1. The molecule has 1 aromatic heterocycles. The first kappa shape index (κ1) is 11.6. The van der Waals surface area contributed by atoms with Crippen LogP contribution in [0.25, 0.3) is 0 Å². The fourth-order valence-corrected chi connectivity index (χ4v) is 1.64. The summed E-state index contributed by atoms with van der Waals surface area (Å²) in [4.78, 5) is 0. The molecule has 1 heterocycles. The highest BCUT2D eigenvalue weighted by Gasteiger charge is 2.04. The first-order chi connectivity index (χ1) is 8.18. The van der Waals surface area contributed by atoms with Crippen molar-refractivity contribution >= 4 is 0 Å². The summed E-state index contributed by atoms with van der Waals surface area (Å²) in [6.45, 7) is 3.13. The Morgan fingerprint density at radius 1 is 1.35 bits per heavy atom. The third kappa shape index (κ3) is 2.62.